The summed E-state index contributed by atoms with van der Waals surface area (Å²) >= 11 is 0. The summed E-state index contributed by atoms with van der Waals surface area (Å²) in [5, 5.41) is 11.2. The number of likely N-dealkylation sites (N-methyl/N-ethyl adjacent to an activating group) is 1. The van der Waals surface area contributed by atoms with Gasteiger partial charge >= 0.3 is 0 Å². The average molecular weight is 464 g/mol. The van der Waals surface area contributed by atoms with Gasteiger partial charge in [0.15, 0.2) is 0 Å². The van der Waals surface area contributed by atoms with E-state index in [1.54, 1.807) is 22.9 Å². The second-order valence-electron chi connectivity index (χ2n) is 8.99. The molecule has 176 valence electrons. The van der Waals surface area contributed by atoms with E-state index >= 15 is 0 Å². The molecule has 2 aromatic rings. The van der Waals surface area contributed by atoms with Gasteiger partial charge in [0.2, 0.25) is 15.9 Å². The fourth-order valence-electron chi connectivity index (χ4n) is 4.42. The molecule has 2 aliphatic rings. The Balaban J connectivity index is 1.42. The predicted octanol–water partition coefficient (Wildman–Crippen LogP) is 0.529. The highest BCUT2D eigenvalue weighted by molar-refractivity contribution is 7.89. The molecule has 4 rings (SSSR count). The lowest BCUT2D eigenvalue weighted by molar-refractivity contribution is -0.124. The summed E-state index contributed by atoms with van der Waals surface area (Å²) < 4.78 is 29.8. The first kappa shape index (κ1) is 23.1. The Hall–Kier alpha value is -2.08. The van der Waals surface area contributed by atoms with Gasteiger partial charge in [0.05, 0.1) is 10.4 Å². The number of benzene rings is 1. The maximum Gasteiger partial charge on any atom is 0.243 e. The first-order chi connectivity index (χ1) is 15.3. The monoisotopic (exact) mass is 463 g/mol. The fourth-order valence-corrected chi connectivity index (χ4v) is 6.09. The molecule has 1 aromatic carbocycles. The maximum atomic E-state index is 13.4. The van der Waals surface area contributed by atoms with Gasteiger partial charge in [-0.05, 0) is 51.9 Å². The highest BCUT2D eigenvalue weighted by atomic mass is 32.2. The summed E-state index contributed by atoms with van der Waals surface area (Å²) in [6, 6.07) is 4.33. The zero-order chi connectivity index (χ0) is 22.9. The van der Waals surface area contributed by atoms with Crippen LogP contribution in [0.1, 0.15) is 32.7 Å². The third-order valence-electron chi connectivity index (χ3n) is 6.37. The molecule has 0 aliphatic carbocycles. The summed E-state index contributed by atoms with van der Waals surface area (Å²) in [4.78, 5) is 17.6. The Morgan fingerprint density at radius 3 is 2.66 bits per heavy atom. The van der Waals surface area contributed by atoms with Gasteiger partial charge in [-0.2, -0.15) is 4.31 Å². The van der Waals surface area contributed by atoms with Crippen LogP contribution in [0.25, 0.3) is 11.0 Å². The van der Waals surface area contributed by atoms with Gasteiger partial charge in [-0.25, -0.2) is 13.1 Å². The lowest BCUT2D eigenvalue weighted by Gasteiger charge is -2.32. The Morgan fingerprint density at radius 2 is 1.94 bits per heavy atom. The van der Waals surface area contributed by atoms with Crippen LogP contribution in [0.3, 0.4) is 0 Å². The van der Waals surface area contributed by atoms with E-state index in [9.17, 15) is 13.2 Å². The van der Waals surface area contributed by atoms with Crippen LogP contribution < -0.4 is 5.32 Å². The number of sulfonamides is 1. The molecule has 2 aliphatic heterocycles. The molecule has 1 unspecified atom stereocenters. The molecule has 3 heterocycles. The lowest BCUT2D eigenvalue weighted by atomic mass is 10.2. The zero-order valence-corrected chi connectivity index (χ0v) is 19.9. The third kappa shape index (κ3) is 4.66. The summed E-state index contributed by atoms with van der Waals surface area (Å²) in [7, 11) is -1.70. The zero-order valence-electron chi connectivity index (χ0n) is 19.1. The largest absolute Gasteiger partial charge is 0.353 e. The normalized spacial score (nSPS) is 21.6. The van der Waals surface area contributed by atoms with Crippen LogP contribution in [0, 0.1) is 0 Å². The highest BCUT2D eigenvalue weighted by Gasteiger charge is 2.39. The minimum atomic E-state index is -3.81. The Labute approximate surface area is 189 Å². The topological polar surface area (TPSA) is 104 Å². The van der Waals surface area contributed by atoms with Crippen molar-refractivity contribution in [3.63, 3.8) is 0 Å². The maximum absolute atomic E-state index is 13.4. The number of carbonyl (C=O) groups is 1. The predicted molar refractivity (Wildman–Crippen MR) is 122 cm³/mol. The van der Waals surface area contributed by atoms with Crippen LogP contribution in [0.5, 0.6) is 0 Å². The van der Waals surface area contributed by atoms with Crippen LogP contribution in [0.15, 0.2) is 23.1 Å². The van der Waals surface area contributed by atoms with Crippen molar-refractivity contribution in [1.29, 1.82) is 0 Å². The molecule has 11 heteroatoms. The standard InChI is InChI=1S/C21H33N7O3S/c1-16(2)28-19-7-6-17(15-18(19)23-24-28)32(30,31)27-9-4-5-20(27)21(29)22-8-10-26-13-11-25(3)12-14-26/h6-7,15-16,20H,4-5,8-14H2,1-3H3,(H,22,29). The smallest absolute Gasteiger partial charge is 0.243 e. The minimum Gasteiger partial charge on any atom is -0.353 e. The van der Waals surface area contributed by atoms with E-state index < -0.39 is 16.1 Å². The summed E-state index contributed by atoms with van der Waals surface area (Å²) in [6.07, 6.45) is 1.20. The van der Waals surface area contributed by atoms with Gasteiger partial charge in [0.25, 0.3) is 0 Å². The van der Waals surface area contributed by atoms with Crippen molar-refractivity contribution in [3.8, 4) is 0 Å². The molecular formula is C21H33N7O3S. The summed E-state index contributed by atoms with van der Waals surface area (Å²) in [6.45, 7) is 9.66. The molecule has 0 spiro atoms. The van der Waals surface area contributed by atoms with Crippen molar-refractivity contribution in [2.24, 2.45) is 0 Å². The first-order valence-corrected chi connectivity index (χ1v) is 12.8. The molecule has 10 nitrogen and oxygen atoms in total. The second-order valence-corrected chi connectivity index (χ2v) is 10.9. The van der Waals surface area contributed by atoms with Gasteiger partial charge < -0.3 is 10.2 Å². The van der Waals surface area contributed by atoms with E-state index in [4.69, 9.17) is 0 Å². The minimum absolute atomic E-state index is 0.125. The van der Waals surface area contributed by atoms with Gasteiger partial charge in [-0.15, -0.1) is 5.10 Å². The first-order valence-electron chi connectivity index (χ1n) is 11.3. The molecule has 2 saturated heterocycles. The number of fused-ring (bicyclic) bond motifs is 1. The van der Waals surface area contributed by atoms with E-state index in [2.05, 4.69) is 32.5 Å². The highest BCUT2D eigenvalue weighted by Crippen LogP contribution is 2.28. The molecule has 1 aromatic heterocycles. The Morgan fingerprint density at radius 1 is 1.19 bits per heavy atom. The molecule has 32 heavy (non-hydrogen) atoms. The van der Waals surface area contributed by atoms with Crippen molar-refractivity contribution in [2.75, 3.05) is 52.9 Å². The van der Waals surface area contributed by atoms with Crippen LogP contribution >= 0.6 is 0 Å². The van der Waals surface area contributed by atoms with E-state index in [0.29, 0.717) is 31.4 Å². The number of carbonyl (C=O) groups excluding carboxylic acids is 1. The third-order valence-corrected chi connectivity index (χ3v) is 8.27. The molecule has 1 amide bonds. The van der Waals surface area contributed by atoms with Crippen molar-refractivity contribution < 1.29 is 13.2 Å². The number of piperazine rings is 1. The van der Waals surface area contributed by atoms with E-state index in [1.807, 2.05) is 13.8 Å². The summed E-state index contributed by atoms with van der Waals surface area (Å²) in [5.41, 5.74) is 1.32. The fraction of sp³-hybridized carbons (Fsp3) is 0.667. The van der Waals surface area contributed by atoms with Crippen LogP contribution in [0.2, 0.25) is 0 Å². The van der Waals surface area contributed by atoms with Crippen LogP contribution in [0.4, 0.5) is 0 Å². The van der Waals surface area contributed by atoms with Crippen LogP contribution in [-0.2, 0) is 14.8 Å². The van der Waals surface area contributed by atoms with Crippen molar-refractivity contribution in [2.45, 2.75) is 43.7 Å². The van der Waals surface area contributed by atoms with E-state index in [1.165, 1.54) is 4.31 Å². The van der Waals surface area contributed by atoms with E-state index in [0.717, 1.165) is 38.2 Å². The number of aromatic nitrogens is 3. The molecule has 1 atom stereocenters. The van der Waals surface area contributed by atoms with Crippen molar-refractivity contribution in [1.82, 2.24) is 34.4 Å². The molecule has 0 radical (unpaired) electrons. The number of hydrogen-bond donors (Lipinski definition) is 1. The van der Waals surface area contributed by atoms with E-state index in [-0.39, 0.29) is 16.8 Å². The van der Waals surface area contributed by atoms with Crippen molar-refractivity contribution >= 4 is 27.0 Å². The van der Waals surface area contributed by atoms with Gasteiger partial charge in [0, 0.05) is 51.9 Å². The SMILES string of the molecule is CC(C)n1nnc2cc(S(=O)(=O)N3CCCC3C(=O)NCCN3CCN(C)CC3)ccc21. The van der Waals surface area contributed by atoms with Crippen molar-refractivity contribution in [3.05, 3.63) is 18.2 Å². The molecule has 2 fully saturated rings. The van der Waals surface area contributed by atoms with Gasteiger partial charge in [-0.1, -0.05) is 5.21 Å². The number of rotatable bonds is 7. The molecular weight excluding hydrogens is 430 g/mol. The van der Waals surface area contributed by atoms with Gasteiger partial charge in [0.1, 0.15) is 11.6 Å². The quantitative estimate of drug-likeness (QED) is 0.639. The molecule has 0 saturated carbocycles. The number of nitrogens with zero attached hydrogens (tertiary/aromatic N) is 6. The second kappa shape index (κ2) is 9.42. The number of nitrogens with one attached hydrogen (secondary N) is 1. The number of amides is 1. The lowest BCUT2D eigenvalue weighted by Crippen LogP contribution is -2.49. The average Bonchev–Trinajstić information content (AvgIpc) is 3.42. The molecule has 0 bridgehead atoms. The summed E-state index contributed by atoms with van der Waals surface area (Å²) in [5.74, 6) is -0.216. The van der Waals surface area contributed by atoms with Crippen LogP contribution in [-0.4, -0.2) is 102 Å². The Kier molecular flexibility index (Phi) is 6.80. The Bertz CT molecular complexity index is 1060. The number of hydrogen-bond acceptors (Lipinski definition) is 7. The molecule has 1 N–H and O–H groups in total. The van der Waals surface area contributed by atoms with Gasteiger partial charge in [-0.3, -0.25) is 9.69 Å².